The molecule has 0 N–H and O–H groups in total. The predicted molar refractivity (Wildman–Crippen MR) is 87.9 cm³/mol. The summed E-state index contributed by atoms with van der Waals surface area (Å²) in [5, 5.41) is 8.08. The second-order valence-corrected chi connectivity index (χ2v) is 6.04. The number of carbonyl (C=O) groups is 1. The monoisotopic (exact) mass is 375 g/mol. The van der Waals surface area contributed by atoms with E-state index in [2.05, 4.69) is 19.8 Å². The molecule has 0 spiro atoms. The summed E-state index contributed by atoms with van der Waals surface area (Å²) < 4.78 is 45.2. The standard InChI is InChI=1S/C17H12F3N5O2/c1-9-7-25(15(26)11-6-21-24(2)8-11)13-4-3-10(5-12(9)13)14-22-16(27-23-14)17(18,19)20/h3-8H,1-2H3. The van der Waals surface area contributed by atoms with Crippen molar-refractivity contribution in [3.05, 3.63) is 53.8 Å². The minimum atomic E-state index is -4.70. The van der Waals surface area contributed by atoms with Gasteiger partial charge in [0.05, 0.1) is 17.3 Å². The van der Waals surface area contributed by atoms with Gasteiger partial charge in [-0.2, -0.15) is 23.3 Å². The Bertz CT molecular complexity index is 1170. The summed E-state index contributed by atoms with van der Waals surface area (Å²) >= 11 is 0. The van der Waals surface area contributed by atoms with Crippen molar-refractivity contribution in [2.45, 2.75) is 13.1 Å². The van der Waals surface area contributed by atoms with Gasteiger partial charge in [-0.1, -0.05) is 5.16 Å². The molecule has 4 aromatic rings. The highest BCUT2D eigenvalue weighted by molar-refractivity contribution is 6.03. The molecule has 3 aromatic heterocycles. The molecule has 4 rings (SSSR count). The van der Waals surface area contributed by atoms with Crippen LogP contribution in [0.1, 0.15) is 21.8 Å². The van der Waals surface area contributed by atoms with Crippen molar-refractivity contribution in [3.63, 3.8) is 0 Å². The third-order valence-electron chi connectivity index (χ3n) is 4.10. The molecule has 0 aliphatic heterocycles. The lowest BCUT2D eigenvalue weighted by Gasteiger charge is -2.02. The summed E-state index contributed by atoms with van der Waals surface area (Å²) in [6.07, 6.45) is 0.0393. The van der Waals surface area contributed by atoms with Crippen LogP contribution in [-0.2, 0) is 13.2 Å². The maximum absolute atomic E-state index is 12.7. The molecule has 138 valence electrons. The third-order valence-corrected chi connectivity index (χ3v) is 4.10. The zero-order valence-electron chi connectivity index (χ0n) is 14.2. The van der Waals surface area contributed by atoms with Gasteiger partial charge in [-0.15, -0.1) is 0 Å². The van der Waals surface area contributed by atoms with Crippen LogP contribution in [0.25, 0.3) is 22.3 Å². The normalized spacial score (nSPS) is 12.0. The Hall–Kier alpha value is -3.43. The van der Waals surface area contributed by atoms with E-state index in [-0.39, 0.29) is 11.7 Å². The predicted octanol–water partition coefficient (Wildman–Crippen LogP) is 3.44. The van der Waals surface area contributed by atoms with E-state index in [1.165, 1.54) is 15.4 Å². The molecule has 0 atom stereocenters. The van der Waals surface area contributed by atoms with E-state index in [0.29, 0.717) is 22.0 Å². The quantitative estimate of drug-likeness (QED) is 0.536. The Morgan fingerprint density at radius 3 is 2.63 bits per heavy atom. The zero-order chi connectivity index (χ0) is 19.3. The Balaban J connectivity index is 1.77. The van der Waals surface area contributed by atoms with E-state index >= 15 is 0 Å². The molecule has 0 aliphatic rings. The number of nitrogens with zero attached hydrogens (tertiary/aromatic N) is 5. The van der Waals surface area contributed by atoms with Crippen LogP contribution < -0.4 is 0 Å². The van der Waals surface area contributed by atoms with Gasteiger partial charge in [0.2, 0.25) is 5.82 Å². The van der Waals surface area contributed by atoms with Crippen molar-refractivity contribution in [3.8, 4) is 11.4 Å². The van der Waals surface area contributed by atoms with Crippen LogP contribution in [0.2, 0.25) is 0 Å². The van der Waals surface area contributed by atoms with Crippen LogP contribution in [0.4, 0.5) is 13.2 Å². The van der Waals surface area contributed by atoms with Crippen molar-refractivity contribution < 1.29 is 22.5 Å². The van der Waals surface area contributed by atoms with Gasteiger partial charge in [0.15, 0.2) is 0 Å². The highest BCUT2D eigenvalue weighted by Crippen LogP contribution is 2.31. The van der Waals surface area contributed by atoms with Gasteiger partial charge >= 0.3 is 12.1 Å². The lowest BCUT2D eigenvalue weighted by atomic mass is 10.1. The number of carbonyl (C=O) groups excluding carboxylic acids is 1. The summed E-state index contributed by atoms with van der Waals surface area (Å²) in [5.74, 6) is -1.83. The first-order valence-corrected chi connectivity index (χ1v) is 7.80. The fourth-order valence-electron chi connectivity index (χ4n) is 2.83. The molecule has 0 saturated carbocycles. The number of rotatable bonds is 2. The molecule has 0 aliphatic carbocycles. The molecule has 0 radical (unpaired) electrons. The van der Waals surface area contributed by atoms with Crippen molar-refractivity contribution in [1.29, 1.82) is 0 Å². The molecule has 7 nitrogen and oxygen atoms in total. The van der Waals surface area contributed by atoms with E-state index < -0.39 is 12.1 Å². The summed E-state index contributed by atoms with van der Waals surface area (Å²) in [4.78, 5) is 16.1. The molecule has 0 bridgehead atoms. The van der Waals surface area contributed by atoms with Gasteiger partial charge in [-0.05, 0) is 30.7 Å². The Labute approximate surface area is 150 Å². The molecular formula is C17H12F3N5O2. The maximum Gasteiger partial charge on any atom is 0.471 e. The number of aromatic nitrogens is 5. The average molecular weight is 375 g/mol. The molecule has 10 heteroatoms. The van der Waals surface area contributed by atoms with Crippen molar-refractivity contribution in [1.82, 2.24) is 24.5 Å². The number of alkyl halides is 3. The van der Waals surface area contributed by atoms with Crippen LogP contribution in [0.15, 0.2) is 41.3 Å². The van der Waals surface area contributed by atoms with E-state index in [9.17, 15) is 18.0 Å². The third kappa shape index (κ3) is 2.88. The topological polar surface area (TPSA) is 78.7 Å². The molecular weight excluding hydrogens is 363 g/mol. The van der Waals surface area contributed by atoms with Crippen LogP contribution >= 0.6 is 0 Å². The number of hydrogen-bond donors (Lipinski definition) is 0. The average Bonchev–Trinajstić information content (AvgIpc) is 3.32. The number of aryl methyl sites for hydroxylation is 2. The van der Waals surface area contributed by atoms with Crippen LogP contribution in [0, 0.1) is 6.92 Å². The van der Waals surface area contributed by atoms with E-state index in [1.54, 1.807) is 44.6 Å². The highest BCUT2D eigenvalue weighted by Gasteiger charge is 2.38. The van der Waals surface area contributed by atoms with Crippen LogP contribution in [0.3, 0.4) is 0 Å². The molecule has 3 heterocycles. The smallest absolute Gasteiger partial charge is 0.329 e. The van der Waals surface area contributed by atoms with E-state index in [0.717, 1.165) is 5.56 Å². The van der Waals surface area contributed by atoms with Gasteiger partial charge in [-0.25, -0.2) is 0 Å². The van der Waals surface area contributed by atoms with Gasteiger partial charge in [0.25, 0.3) is 5.91 Å². The molecule has 0 fully saturated rings. The van der Waals surface area contributed by atoms with Gasteiger partial charge in [-0.3, -0.25) is 14.0 Å². The Morgan fingerprint density at radius 2 is 2.00 bits per heavy atom. The lowest BCUT2D eigenvalue weighted by molar-refractivity contribution is -0.159. The minimum absolute atomic E-state index is 0.171. The van der Waals surface area contributed by atoms with Crippen LogP contribution in [0.5, 0.6) is 0 Å². The first kappa shape index (κ1) is 17.0. The SMILES string of the molecule is Cc1cn(C(=O)c2cnn(C)c2)c2ccc(-c3noc(C(F)(F)F)n3)cc12. The molecule has 0 saturated heterocycles. The van der Waals surface area contributed by atoms with E-state index in [4.69, 9.17) is 0 Å². The Morgan fingerprint density at radius 1 is 1.22 bits per heavy atom. The summed E-state index contributed by atoms with van der Waals surface area (Å²) in [5.41, 5.74) is 2.18. The molecule has 1 aromatic carbocycles. The van der Waals surface area contributed by atoms with E-state index in [1.807, 2.05) is 0 Å². The van der Waals surface area contributed by atoms with Gasteiger partial charge in [0, 0.05) is 30.4 Å². The number of fused-ring (bicyclic) bond motifs is 1. The number of halogens is 3. The Kier molecular flexibility index (Phi) is 3.65. The van der Waals surface area contributed by atoms with Gasteiger partial charge in [0.1, 0.15) is 0 Å². The minimum Gasteiger partial charge on any atom is -0.329 e. The number of benzene rings is 1. The molecule has 0 unspecified atom stereocenters. The second kappa shape index (κ2) is 5.79. The van der Waals surface area contributed by atoms with Crippen molar-refractivity contribution >= 4 is 16.8 Å². The lowest BCUT2D eigenvalue weighted by Crippen LogP contribution is -2.09. The summed E-state index contributed by atoms with van der Waals surface area (Å²) in [7, 11) is 1.71. The van der Waals surface area contributed by atoms with Crippen molar-refractivity contribution in [2.75, 3.05) is 0 Å². The van der Waals surface area contributed by atoms with Crippen LogP contribution in [-0.4, -0.2) is 30.4 Å². The molecule has 27 heavy (non-hydrogen) atoms. The van der Waals surface area contributed by atoms with Crippen molar-refractivity contribution in [2.24, 2.45) is 7.05 Å². The number of hydrogen-bond acceptors (Lipinski definition) is 5. The first-order valence-electron chi connectivity index (χ1n) is 7.80. The highest BCUT2D eigenvalue weighted by atomic mass is 19.4. The fourth-order valence-corrected chi connectivity index (χ4v) is 2.83. The summed E-state index contributed by atoms with van der Waals surface area (Å²) in [6, 6.07) is 4.80. The fraction of sp³-hybridized carbons (Fsp3) is 0.176. The zero-order valence-corrected chi connectivity index (χ0v) is 14.2. The largest absolute Gasteiger partial charge is 0.471 e. The van der Waals surface area contributed by atoms with Gasteiger partial charge < -0.3 is 4.52 Å². The molecule has 0 amide bonds. The second-order valence-electron chi connectivity index (χ2n) is 6.04. The summed E-state index contributed by atoms with van der Waals surface area (Å²) in [6.45, 7) is 1.80. The maximum atomic E-state index is 12.7. The first-order chi connectivity index (χ1) is 12.7.